The number of aromatic hydroxyl groups is 1. The zero-order valence-electron chi connectivity index (χ0n) is 6.68. The number of hydrogen-bond acceptors (Lipinski definition) is 2. The summed E-state index contributed by atoms with van der Waals surface area (Å²) in [6.45, 7) is 1.27. The lowest BCUT2D eigenvalue weighted by molar-refractivity contribution is 0.192. The molecule has 1 aromatic carbocycles. The first-order chi connectivity index (χ1) is 5.95. The maximum atomic E-state index is 12.9. The fourth-order valence-electron chi connectivity index (χ4n) is 0.908. The van der Waals surface area contributed by atoms with Gasteiger partial charge in [-0.05, 0) is 13.0 Å². The van der Waals surface area contributed by atoms with Crippen molar-refractivity contribution in [3.05, 3.63) is 28.3 Å². The van der Waals surface area contributed by atoms with Crippen LogP contribution in [0.1, 0.15) is 18.6 Å². The summed E-state index contributed by atoms with van der Waals surface area (Å²) >= 11 is 5.37. The topological polar surface area (TPSA) is 40.5 Å². The first-order valence-corrected chi connectivity index (χ1v) is 3.87. The molecule has 72 valence electrons. The summed E-state index contributed by atoms with van der Waals surface area (Å²) in [6, 6.07) is 0.986. The molecule has 0 aliphatic rings. The smallest absolute Gasteiger partial charge is 0.202 e. The van der Waals surface area contributed by atoms with Crippen LogP contribution < -0.4 is 0 Å². The fourth-order valence-corrected chi connectivity index (χ4v) is 1.11. The van der Waals surface area contributed by atoms with Gasteiger partial charge < -0.3 is 10.2 Å². The van der Waals surface area contributed by atoms with E-state index in [-0.39, 0.29) is 10.6 Å². The van der Waals surface area contributed by atoms with Crippen molar-refractivity contribution in [2.45, 2.75) is 13.0 Å². The number of aliphatic hydroxyl groups is 1. The van der Waals surface area contributed by atoms with Crippen molar-refractivity contribution in [3.63, 3.8) is 0 Å². The number of benzene rings is 1. The predicted molar refractivity (Wildman–Crippen MR) is 43.7 cm³/mol. The second kappa shape index (κ2) is 3.47. The standard InChI is InChI=1S/C8H7ClF2O2/c1-3(12)4-2-5(9)8(13)7(11)6(4)10/h2-3,12-13H,1H3. The van der Waals surface area contributed by atoms with E-state index < -0.39 is 23.5 Å². The molecule has 0 spiro atoms. The Hall–Kier alpha value is -0.870. The van der Waals surface area contributed by atoms with Crippen molar-refractivity contribution in [2.24, 2.45) is 0 Å². The van der Waals surface area contributed by atoms with E-state index in [4.69, 9.17) is 21.8 Å². The van der Waals surface area contributed by atoms with Gasteiger partial charge in [0.2, 0.25) is 5.82 Å². The van der Waals surface area contributed by atoms with Gasteiger partial charge in [-0.15, -0.1) is 0 Å². The van der Waals surface area contributed by atoms with Gasteiger partial charge in [0.05, 0.1) is 11.1 Å². The van der Waals surface area contributed by atoms with Crippen LogP contribution in [0.15, 0.2) is 6.07 Å². The van der Waals surface area contributed by atoms with Crippen LogP contribution in [0, 0.1) is 11.6 Å². The summed E-state index contributed by atoms with van der Waals surface area (Å²) in [5.41, 5.74) is -0.277. The number of aliphatic hydroxyl groups excluding tert-OH is 1. The summed E-state index contributed by atoms with van der Waals surface area (Å²) in [6.07, 6.45) is -1.17. The average Bonchev–Trinajstić information content (AvgIpc) is 2.07. The van der Waals surface area contributed by atoms with Gasteiger partial charge in [0.25, 0.3) is 0 Å². The van der Waals surface area contributed by atoms with E-state index in [1.165, 1.54) is 6.92 Å². The average molecular weight is 209 g/mol. The van der Waals surface area contributed by atoms with Crippen molar-refractivity contribution in [3.8, 4) is 5.75 Å². The molecule has 0 radical (unpaired) electrons. The van der Waals surface area contributed by atoms with Gasteiger partial charge in [0, 0.05) is 5.56 Å². The Labute approximate surface area is 78.4 Å². The van der Waals surface area contributed by atoms with Gasteiger partial charge in [-0.3, -0.25) is 0 Å². The van der Waals surface area contributed by atoms with Crippen LogP contribution in [0.4, 0.5) is 8.78 Å². The zero-order chi connectivity index (χ0) is 10.2. The summed E-state index contributed by atoms with van der Waals surface area (Å²) < 4.78 is 25.7. The molecule has 0 aromatic heterocycles. The second-order valence-corrected chi connectivity index (χ2v) is 3.01. The minimum absolute atomic E-state index is 0.277. The summed E-state index contributed by atoms with van der Waals surface area (Å²) in [7, 11) is 0. The van der Waals surface area contributed by atoms with E-state index in [9.17, 15) is 8.78 Å². The van der Waals surface area contributed by atoms with E-state index in [1.807, 2.05) is 0 Å². The largest absolute Gasteiger partial charge is 0.504 e. The van der Waals surface area contributed by atoms with Crippen LogP contribution in [-0.2, 0) is 0 Å². The Morgan fingerprint density at radius 3 is 2.38 bits per heavy atom. The molecule has 1 unspecified atom stereocenters. The minimum atomic E-state index is -1.44. The highest BCUT2D eigenvalue weighted by Crippen LogP contribution is 2.32. The first kappa shape index (κ1) is 10.2. The molecule has 0 saturated carbocycles. The molecule has 0 amide bonds. The lowest BCUT2D eigenvalue weighted by Gasteiger charge is -2.08. The van der Waals surface area contributed by atoms with Gasteiger partial charge in [-0.1, -0.05) is 11.6 Å². The van der Waals surface area contributed by atoms with Gasteiger partial charge in [0.1, 0.15) is 0 Å². The molecule has 1 rings (SSSR count). The van der Waals surface area contributed by atoms with E-state index in [0.29, 0.717) is 0 Å². The molecular formula is C8H7ClF2O2. The van der Waals surface area contributed by atoms with E-state index in [2.05, 4.69) is 0 Å². The molecular weight excluding hydrogens is 202 g/mol. The number of halogens is 3. The molecule has 0 fully saturated rings. The van der Waals surface area contributed by atoms with Crippen molar-refractivity contribution in [1.29, 1.82) is 0 Å². The fraction of sp³-hybridized carbons (Fsp3) is 0.250. The highest BCUT2D eigenvalue weighted by atomic mass is 35.5. The number of rotatable bonds is 1. The molecule has 5 heteroatoms. The lowest BCUT2D eigenvalue weighted by Crippen LogP contribution is -1.99. The number of phenols is 1. The molecule has 13 heavy (non-hydrogen) atoms. The van der Waals surface area contributed by atoms with Crippen LogP contribution in [-0.4, -0.2) is 10.2 Å². The highest BCUT2D eigenvalue weighted by Gasteiger charge is 2.19. The minimum Gasteiger partial charge on any atom is -0.504 e. The molecule has 2 nitrogen and oxygen atoms in total. The third kappa shape index (κ3) is 1.73. The Morgan fingerprint density at radius 1 is 1.38 bits per heavy atom. The Kier molecular flexibility index (Phi) is 2.73. The molecule has 0 aliphatic heterocycles. The van der Waals surface area contributed by atoms with Gasteiger partial charge in [-0.25, -0.2) is 4.39 Å². The SMILES string of the molecule is CC(O)c1cc(Cl)c(O)c(F)c1F. The normalized spacial score (nSPS) is 13.0. The van der Waals surface area contributed by atoms with Crippen LogP contribution in [0.3, 0.4) is 0 Å². The van der Waals surface area contributed by atoms with Gasteiger partial charge in [-0.2, -0.15) is 4.39 Å². The zero-order valence-corrected chi connectivity index (χ0v) is 7.44. The van der Waals surface area contributed by atoms with Gasteiger partial charge >= 0.3 is 0 Å². The third-order valence-electron chi connectivity index (χ3n) is 1.61. The van der Waals surface area contributed by atoms with Crippen molar-refractivity contribution < 1.29 is 19.0 Å². The molecule has 2 N–H and O–H groups in total. The van der Waals surface area contributed by atoms with Crippen molar-refractivity contribution in [1.82, 2.24) is 0 Å². The summed E-state index contributed by atoms with van der Waals surface area (Å²) in [4.78, 5) is 0. The Balaban J connectivity index is 3.41. The second-order valence-electron chi connectivity index (χ2n) is 2.60. The number of phenolic OH excluding ortho intramolecular Hbond substituents is 1. The lowest BCUT2D eigenvalue weighted by atomic mass is 10.1. The maximum absolute atomic E-state index is 12.9. The Bertz CT molecular complexity index is 339. The molecule has 0 bridgehead atoms. The van der Waals surface area contributed by atoms with Gasteiger partial charge in [0.15, 0.2) is 11.6 Å². The van der Waals surface area contributed by atoms with Crippen LogP contribution in [0.25, 0.3) is 0 Å². The molecule has 0 saturated heterocycles. The van der Waals surface area contributed by atoms with E-state index in [0.717, 1.165) is 6.07 Å². The quantitative estimate of drug-likeness (QED) is 0.696. The van der Waals surface area contributed by atoms with Crippen molar-refractivity contribution in [2.75, 3.05) is 0 Å². The molecule has 0 heterocycles. The molecule has 1 atom stereocenters. The molecule has 1 aromatic rings. The van der Waals surface area contributed by atoms with Crippen LogP contribution >= 0.6 is 11.6 Å². The Morgan fingerprint density at radius 2 is 1.92 bits per heavy atom. The van der Waals surface area contributed by atoms with Crippen LogP contribution in [0.5, 0.6) is 5.75 Å². The summed E-state index contributed by atoms with van der Waals surface area (Å²) in [5.74, 6) is -3.66. The maximum Gasteiger partial charge on any atom is 0.202 e. The van der Waals surface area contributed by atoms with Crippen LogP contribution in [0.2, 0.25) is 5.02 Å². The third-order valence-corrected chi connectivity index (χ3v) is 1.90. The van der Waals surface area contributed by atoms with Crippen molar-refractivity contribution >= 4 is 11.6 Å². The van der Waals surface area contributed by atoms with E-state index >= 15 is 0 Å². The first-order valence-electron chi connectivity index (χ1n) is 3.49. The highest BCUT2D eigenvalue weighted by molar-refractivity contribution is 6.32. The predicted octanol–water partition coefficient (Wildman–Crippen LogP) is 2.38. The monoisotopic (exact) mass is 208 g/mol. The van der Waals surface area contributed by atoms with E-state index in [1.54, 1.807) is 0 Å². The number of hydrogen-bond donors (Lipinski definition) is 2. The summed E-state index contributed by atoms with van der Waals surface area (Å²) in [5, 5.41) is 17.5. The molecule has 0 aliphatic carbocycles.